The molecule has 15 heavy (non-hydrogen) atoms. The maximum absolute atomic E-state index is 12.0. The van der Waals surface area contributed by atoms with E-state index in [1.807, 2.05) is 14.1 Å². The van der Waals surface area contributed by atoms with Gasteiger partial charge in [-0.15, -0.1) is 0 Å². The van der Waals surface area contributed by atoms with Gasteiger partial charge in [-0.05, 0) is 45.2 Å². The molecule has 0 heterocycles. The van der Waals surface area contributed by atoms with Gasteiger partial charge in [0.15, 0.2) is 0 Å². The highest BCUT2D eigenvalue weighted by Crippen LogP contribution is 2.33. The standard InChI is InChI=1S/C13H25NO/c1-10-7-11(2)9-12(8-10)13(15)5-6-14(3)4/h10-12H,5-9H2,1-4H3. The van der Waals surface area contributed by atoms with E-state index in [4.69, 9.17) is 0 Å². The van der Waals surface area contributed by atoms with E-state index in [1.165, 1.54) is 6.42 Å². The van der Waals surface area contributed by atoms with Gasteiger partial charge in [-0.3, -0.25) is 4.79 Å². The third kappa shape index (κ3) is 4.33. The van der Waals surface area contributed by atoms with Crippen LogP contribution >= 0.6 is 0 Å². The number of hydrogen-bond donors (Lipinski definition) is 0. The lowest BCUT2D eigenvalue weighted by Gasteiger charge is -2.30. The Kier molecular flexibility index (Phi) is 4.78. The van der Waals surface area contributed by atoms with Gasteiger partial charge in [0.05, 0.1) is 0 Å². The Balaban J connectivity index is 2.38. The van der Waals surface area contributed by atoms with Gasteiger partial charge >= 0.3 is 0 Å². The van der Waals surface area contributed by atoms with Crippen LogP contribution in [0.3, 0.4) is 0 Å². The van der Waals surface area contributed by atoms with Crippen LogP contribution in [0.1, 0.15) is 39.5 Å². The molecule has 2 nitrogen and oxygen atoms in total. The van der Waals surface area contributed by atoms with E-state index >= 15 is 0 Å². The first-order chi connectivity index (χ1) is 6.99. The molecule has 0 saturated heterocycles. The summed E-state index contributed by atoms with van der Waals surface area (Å²) in [5.74, 6) is 2.31. The summed E-state index contributed by atoms with van der Waals surface area (Å²) in [7, 11) is 4.05. The summed E-state index contributed by atoms with van der Waals surface area (Å²) in [5, 5.41) is 0. The van der Waals surface area contributed by atoms with Crippen molar-refractivity contribution in [3.8, 4) is 0 Å². The van der Waals surface area contributed by atoms with Crippen molar-refractivity contribution >= 4 is 5.78 Å². The van der Waals surface area contributed by atoms with Crippen molar-refractivity contribution < 1.29 is 4.79 Å². The Bertz CT molecular complexity index is 203. The van der Waals surface area contributed by atoms with E-state index in [-0.39, 0.29) is 0 Å². The average Bonchev–Trinajstić information content (AvgIpc) is 2.12. The van der Waals surface area contributed by atoms with Crippen LogP contribution in [0.5, 0.6) is 0 Å². The van der Waals surface area contributed by atoms with E-state index < -0.39 is 0 Å². The van der Waals surface area contributed by atoms with Crippen LogP contribution in [0.15, 0.2) is 0 Å². The van der Waals surface area contributed by atoms with E-state index in [0.29, 0.717) is 11.7 Å². The SMILES string of the molecule is CC1CC(C)CC(C(=O)CCN(C)C)C1. The van der Waals surface area contributed by atoms with Crippen molar-refractivity contribution in [2.75, 3.05) is 20.6 Å². The molecule has 2 heteroatoms. The van der Waals surface area contributed by atoms with E-state index in [1.54, 1.807) is 0 Å². The molecule has 0 aliphatic heterocycles. The lowest BCUT2D eigenvalue weighted by molar-refractivity contribution is -0.125. The Morgan fingerprint density at radius 1 is 1.13 bits per heavy atom. The molecule has 0 aromatic rings. The summed E-state index contributed by atoms with van der Waals surface area (Å²) in [6, 6.07) is 0. The molecule has 0 N–H and O–H groups in total. The Morgan fingerprint density at radius 2 is 1.67 bits per heavy atom. The second-order valence-corrected chi connectivity index (χ2v) is 5.63. The molecule has 0 radical (unpaired) electrons. The zero-order valence-electron chi connectivity index (χ0n) is 10.6. The van der Waals surface area contributed by atoms with Crippen LogP contribution in [0, 0.1) is 17.8 Å². The van der Waals surface area contributed by atoms with Crippen molar-refractivity contribution in [1.82, 2.24) is 4.90 Å². The van der Waals surface area contributed by atoms with Gasteiger partial charge in [-0.2, -0.15) is 0 Å². The molecule has 88 valence electrons. The van der Waals surface area contributed by atoms with Gasteiger partial charge in [0.2, 0.25) is 0 Å². The summed E-state index contributed by atoms with van der Waals surface area (Å²) in [4.78, 5) is 14.1. The molecule has 1 aliphatic rings. The van der Waals surface area contributed by atoms with Crippen molar-refractivity contribution in [1.29, 1.82) is 0 Å². The normalized spacial score (nSPS) is 31.9. The molecular weight excluding hydrogens is 186 g/mol. The molecule has 0 amide bonds. The highest BCUT2D eigenvalue weighted by atomic mass is 16.1. The quantitative estimate of drug-likeness (QED) is 0.712. The molecule has 0 bridgehead atoms. The molecule has 0 aromatic heterocycles. The number of hydrogen-bond acceptors (Lipinski definition) is 2. The summed E-state index contributed by atoms with van der Waals surface area (Å²) in [6.07, 6.45) is 4.28. The first kappa shape index (κ1) is 12.7. The molecule has 0 aromatic carbocycles. The summed E-state index contributed by atoms with van der Waals surface area (Å²) in [6.45, 7) is 5.46. The van der Waals surface area contributed by atoms with Crippen LogP contribution in [-0.4, -0.2) is 31.3 Å². The number of rotatable bonds is 4. The molecular formula is C13H25NO. The van der Waals surface area contributed by atoms with E-state index in [0.717, 1.165) is 37.6 Å². The maximum Gasteiger partial charge on any atom is 0.137 e. The fourth-order valence-corrected chi connectivity index (χ4v) is 2.75. The largest absolute Gasteiger partial charge is 0.309 e. The summed E-state index contributed by atoms with van der Waals surface area (Å²) < 4.78 is 0. The molecule has 1 aliphatic carbocycles. The van der Waals surface area contributed by atoms with E-state index in [2.05, 4.69) is 18.7 Å². The predicted octanol–water partition coefficient (Wildman–Crippen LogP) is 2.58. The highest BCUT2D eigenvalue weighted by molar-refractivity contribution is 5.81. The van der Waals surface area contributed by atoms with Crippen molar-refractivity contribution in [3.05, 3.63) is 0 Å². The Hall–Kier alpha value is -0.370. The van der Waals surface area contributed by atoms with Crippen LogP contribution in [-0.2, 0) is 4.79 Å². The minimum Gasteiger partial charge on any atom is -0.309 e. The number of carbonyl (C=O) groups excluding carboxylic acids is 1. The Labute approximate surface area is 94.0 Å². The van der Waals surface area contributed by atoms with Gasteiger partial charge in [0, 0.05) is 18.9 Å². The smallest absolute Gasteiger partial charge is 0.137 e. The zero-order valence-corrected chi connectivity index (χ0v) is 10.6. The lowest BCUT2D eigenvalue weighted by atomic mass is 9.74. The minimum atomic E-state index is 0.351. The van der Waals surface area contributed by atoms with Gasteiger partial charge in [0.25, 0.3) is 0 Å². The number of ketones is 1. The molecule has 1 rings (SSSR count). The van der Waals surface area contributed by atoms with Gasteiger partial charge in [0.1, 0.15) is 5.78 Å². The number of nitrogens with zero attached hydrogens (tertiary/aromatic N) is 1. The number of carbonyl (C=O) groups is 1. The average molecular weight is 211 g/mol. The molecule has 2 unspecified atom stereocenters. The van der Waals surface area contributed by atoms with Crippen LogP contribution < -0.4 is 0 Å². The fraction of sp³-hybridized carbons (Fsp3) is 0.923. The minimum absolute atomic E-state index is 0.351. The monoisotopic (exact) mass is 211 g/mol. The maximum atomic E-state index is 12.0. The van der Waals surface area contributed by atoms with Gasteiger partial charge in [-0.25, -0.2) is 0 Å². The second-order valence-electron chi connectivity index (χ2n) is 5.63. The van der Waals surface area contributed by atoms with Crippen LogP contribution in [0.25, 0.3) is 0 Å². The third-order valence-electron chi connectivity index (χ3n) is 3.44. The summed E-state index contributed by atoms with van der Waals surface area (Å²) >= 11 is 0. The third-order valence-corrected chi connectivity index (χ3v) is 3.44. The molecule has 2 atom stereocenters. The second kappa shape index (κ2) is 5.64. The molecule has 0 spiro atoms. The van der Waals surface area contributed by atoms with Crippen LogP contribution in [0.2, 0.25) is 0 Å². The van der Waals surface area contributed by atoms with Gasteiger partial charge < -0.3 is 4.90 Å². The highest BCUT2D eigenvalue weighted by Gasteiger charge is 2.28. The first-order valence-electron chi connectivity index (χ1n) is 6.16. The van der Waals surface area contributed by atoms with E-state index in [9.17, 15) is 4.79 Å². The van der Waals surface area contributed by atoms with Gasteiger partial charge in [-0.1, -0.05) is 13.8 Å². The summed E-state index contributed by atoms with van der Waals surface area (Å²) in [5.41, 5.74) is 0. The zero-order chi connectivity index (χ0) is 11.4. The molecule has 1 saturated carbocycles. The predicted molar refractivity (Wildman–Crippen MR) is 63.8 cm³/mol. The number of Topliss-reactive ketones (excluding diaryl/α,β-unsaturated/α-hetero) is 1. The lowest BCUT2D eigenvalue weighted by Crippen LogP contribution is -2.28. The van der Waals surface area contributed by atoms with Crippen molar-refractivity contribution in [2.24, 2.45) is 17.8 Å². The topological polar surface area (TPSA) is 20.3 Å². The van der Waals surface area contributed by atoms with Crippen molar-refractivity contribution in [2.45, 2.75) is 39.5 Å². The van der Waals surface area contributed by atoms with Crippen molar-refractivity contribution in [3.63, 3.8) is 0 Å². The first-order valence-corrected chi connectivity index (χ1v) is 6.16. The Morgan fingerprint density at radius 3 is 2.13 bits per heavy atom. The fourth-order valence-electron chi connectivity index (χ4n) is 2.75. The molecule has 1 fully saturated rings. The van der Waals surface area contributed by atoms with Crippen LogP contribution in [0.4, 0.5) is 0 Å².